The van der Waals surface area contributed by atoms with Crippen LogP contribution in [-0.4, -0.2) is 60.5 Å². The highest BCUT2D eigenvalue weighted by atomic mass is 35.5. The predicted molar refractivity (Wildman–Crippen MR) is 110 cm³/mol. The van der Waals surface area contributed by atoms with Crippen molar-refractivity contribution in [3.63, 3.8) is 0 Å². The Bertz CT molecular complexity index is 742. The summed E-state index contributed by atoms with van der Waals surface area (Å²) in [6, 6.07) is 8.38. The molecule has 0 spiro atoms. The Kier molecular flexibility index (Phi) is 7.68. The van der Waals surface area contributed by atoms with E-state index in [1.165, 1.54) is 16.9 Å². The Morgan fingerprint density at radius 3 is 2.82 bits per heavy atom. The number of ether oxygens (including phenoxy) is 3. The zero-order chi connectivity index (χ0) is 20.0. The van der Waals surface area contributed by atoms with E-state index in [0.717, 1.165) is 18.7 Å². The lowest BCUT2D eigenvalue weighted by atomic mass is 10.0. The maximum Gasteiger partial charge on any atom is 0.224 e. The third kappa shape index (κ3) is 5.65. The second kappa shape index (κ2) is 10.0. The minimum Gasteiger partial charge on any atom is -0.491 e. The molecule has 1 saturated heterocycles. The number of hydrogen-bond donors (Lipinski definition) is 1. The molecule has 1 aromatic heterocycles. The van der Waals surface area contributed by atoms with Crippen molar-refractivity contribution in [2.24, 2.45) is 0 Å². The monoisotopic (exact) mass is 426 g/mol. The highest BCUT2D eigenvalue weighted by molar-refractivity contribution is 7.13. The minimum atomic E-state index is -1.41. The first kappa shape index (κ1) is 21.5. The third-order valence-electron chi connectivity index (χ3n) is 4.79. The normalized spacial score (nSPS) is 21.6. The molecular formula is C20H27ClN2O4S. The molecular weight excluding hydrogens is 400 g/mol. The van der Waals surface area contributed by atoms with Crippen LogP contribution in [0.5, 0.6) is 5.75 Å². The van der Waals surface area contributed by atoms with Crippen molar-refractivity contribution < 1.29 is 19.3 Å². The summed E-state index contributed by atoms with van der Waals surface area (Å²) in [5.41, 5.74) is 1.70. The van der Waals surface area contributed by atoms with Crippen molar-refractivity contribution in [3.05, 3.63) is 45.4 Å². The zero-order valence-corrected chi connectivity index (χ0v) is 17.8. The molecule has 0 saturated carbocycles. The maximum atomic E-state index is 10.9. The van der Waals surface area contributed by atoms with E-state index in [1.807, 2.05) is 19.1 Å². The van der Waals surface area contributed by atoms with Crippen molar-refractivity contribution >= 4 is 22.9 Å². The van der Waals surface area contributed by atoms with Gasteiger partial charge in [0.25, 0.3) is 0 Å². The van der Waals surface area contributed by atoms with Gasteiger partial charge < -0.3 is 19.3 Å². The van der Waals surface area contributed by atoms with E-state index in [-0.39, 0.29) is 6.04 Å². The molecule has 2 heterocycles. The van der Waals surface area contributed by atoms with Crippen LogP contribution in [0.2, 0.25) is 4.47 Å². The highest BCUT2D eigenvalue weighted by Gasteiger charge is 2.39. The van der Waals surface area contributed by atoms with Crippen molar-refractivity contribution in [2.45, 2.75) is 32.1 Å². The van der Waals surface area contributed by atoms with Gasteiger partial charge in [-0.2, -0.15) is 0 Å². The van der Waals surface area contributed by atoms with Gasteiger partial charge in [-0.1, -0.05) is 23.7 Å². The second-order valence-corrected chi connectivity index (χ2v) is 8.27. The van der Waals surface area contributed by atoms with Crippen LogP contribution in [-0.2, 0) is 21.7 Å². The van der Waals surface area contributed by atoms with E-state index in [2.05, 4.69) is 28.9 Å². The zero-order valence-electron chi connectivity index (χ0n) is 16.3. The first-order chi connectivity index (χ1) is 13.5. The summed E-state index contributed by atoms with van der Waals surface area (Å²) >= 11 is 7.21. The van der Waals surface area contributed by atoms with Crippen molar-refractivity contribution in [1.29, 1.82) is 0 Å². The van der Waals surface area contributed by atoms with Crippen LogP contribution < -0.4 is 4.74 Å². The molecule has 2 unspecified atom stereocenters. The Morgan fingerprint density at radius 1 is 1.36 bits per heavy atom. The van der Waals surface area contributed by atoms with Crippen molar-refractivity contribution in [1.82, 2.24) is 9.88 Å². The number of halogens is 1. The van der Waals surface area contributed by atoms with Crippen molar-refractivity contribution in [3.8, 4) is 5.75 Å². The molecule has 1 aromatic carbocycles. The molecule has 2 atom stereocenters. The van der Waals surface area contributed by atoms with Gasteiger partial charge in [0.15, 0.2) is 4.47 Å². The maximum absolute atomic E-state index is 10.9. The number of benzene rings is 1. The number of β-amino-alcohol motifs (C(OH)–C–C–N with tert-alkyl or cyclic N) is 1. The van der Waals surface area contributed by atoms with Crippen LogP contribution in [0.15, 0.2) is 29.6 Å². The molecule has 0 radical (unpaired) electrons. The summed E-state index contributed by atoms with van der Waals surface area (Å²) in [5, 5.41) is 12.6. The average Bonchev–Trinajstić information content (AvgIpc) is 3.14. The molecule has 2 aromatic rings. The van der Waals surface area contributed by atoms with E-state index in [1.54, 1.807) is 5.38 Å². The molecule has 0 amide bonds. The standard InChI is InChI=1S/C20H27ClN2O4S/c1-3-25-10-11-26-17-6-4-16(5-7-17)12-15(2)23-8-9-27-20(24,14-23)18-13-28-19(21)22-18/h4-7,13,15,24H,3,8-12,14H2,1-2H3. The molecule has 1 N–H and O–H groups in total. The number of rotatable bonds is 9. The topological polar surface area (TPSA) is 64.1 Å². The summed E-state index contributed by atoms with van der Waals surface area (Å²) in [6.07, 6.45) is 0.868. The summed E-state index contributed by atoms with van der Waals surface area (Å²) < 4.78 is 17.0. The number of hydrogen-bond acceptors (Lipinski definition) is 7. The first-order valence-electron chi connectivity index (χ1n) is 9.51. The van der Waals surface area contributed by atoms with Crippen molar-refractivity contribution in [2.75, 3.05) is 39.5 Å². The van der Waals surface area contributed by atoms with Crippen LogP contribution in [0.25, 0.3) is 0 Å². The van der Waals surface area contributed by atoms with Gasteiger partial charge in [-0.25, -0.2) is 4.98 Å². The van der Waals surface area contributed by atoms with E-state index in [0.29, 0.717) is 43.1 Å². The first-order valence-corrected chi connectivity index (χ1v) is 10.8. The molecule has 8 heteroatoms. The number of aromatic nitrogens is 1. The molecule has 154 valence electrons. The van der Waals surface area contributed by atoms with E-state index in [9.17, 15) is 5.11 Å². The van der Waals surface area contributed by atoms with Gasteiger partial charge >= 0.3 is 0 Å². The molecule has 0 bridgehead atoms. The Hall–Kier alpha value is -1.22. The molecule has 3 rings (SSSR count). The van der Waals surface area contributed by atoms with E-state index >= 15 is 0 Å². The number of aliphatic hydroxyl groups is 1. The summed E-state index contributed by atoms with van der Waals surface area (Å²) in [5.74, 6) is -0.564. The van der Waals surface area contributed by atoms with Gasteiger partial charge in [0.05, 0.1) is 19.8 Å². The Balaban J connectivity index is 1.54. The summed E-state index contributed by atoms with van der Waals surface area (Å²) in [7, 11) is 0. The van der Waals surface area contributed by atoms with Crippen LogP contribution in [0.1, 0.15) is 25.1 Å². The smallest absolute Gasteiger partial charge is 0.224 e. The molecule has 0 aliphatic carbocycles. The van der Waals surface area contributed by atoms with Gasteiger partial charge in [0.2, 0.25) is 5.79 Å². The van der Waals surface area contributed by atoms with Gasteiger partial charge in [0.1, 0.15) is 18.1 Å². The Morgan fingerprint density at radius 2 is 2.14 bits per heavy atom. The number of nitrogens with zero attached hydrogens (tertiary/aromatic N) is 2. The second-order valence-electron chi connectivity index (χ2n) is 6.83. The third-order valence-corrected chi connectivity index (χ3v) is 5.77. The summed E-state index contributed by atoms with van der Waals surface area (Å²) in [6.45, 7) is 7.56. The average molecular weight is 427 g/mol. The van der Waals surface area contributed by atoms with E-state index < -0.39 is 5.79 Å². The van der Waals surface area contributed by atoms with Gasteiger partial charge in [-0.05, 0) is 38.0 Å². The molecule has 1 aliphatic rings. The number of thiazole rings is 1. The fourth-order valence-electron chi connectivity index (χ4n) is 3.25. The number of morpholine rings is 1. The predicted octanol–water partition coefficient (Wildman–Crippen LogP) is 3.32. The summed E-state index contributed by atoms with van der Waals surface area (Å²) in [4.78, 5) is 6.41. The Labute approximate surface area is 175 Å². The van der Waals surface area contributed by atoms with Crippen LogP contribution in [0.3, 0.4) is 0 Å². The lowest BCUT2D eigenvalue weighted by Crippen LogP contribution is -2.53. The lowest BCUT2D eigenvalue weighted by Gasteiger charge is -2.41. The molecule has 28 heavy (non-hydrogen) atoms. The molecule has 1 aliphatic heterocycles. The fourth-order valence-corrected chi connectivity index (χ4v) is 4.07. The lowest BCUT2D eigenvalue weighted by molar-refractivity contribution is -0.253. The van der Waals surface area contributed by atoms with Gasteiger partial charge in [0, 0.05) is 24.6 Å². The largest absolute Gasteiger partial charge is 0.491 e. The minimum absolute atomic E-state index is 0.245. The fraction of sp³-hybridized carbons (Fsp3) is 0.550. The highest BCUT2D eigenvalue weighted by Crippen LogP contribution is 2.31. The quantitative estimate of drug-likeness (QED) is 0.620. The molecule has 1 fully saturated rings. The van der Waals surface area contributed by atoms with Crippen LogP contribution in [0, 0.1) is 0 Å². The van der Waals surface area contributed by atoms with E-state index in [4.69, 9.17) is 25.8 Å². The SMILES string of the molecule is CCOCCOc1ccc(CC(C)N2CCOC(O)(c3csc(Cl)n3)C2)cc1. The van der Waals surface area contributed by atoms with Crippen LogP contribution in [0.4, 0.5) is 0 Å². The van der Waals surface area contributed by atoms with Gasteiger partial charge in [-0.15, -0.1) is 11.3 Å². The molecule has 6 nitrogen and oxygen atoms in total. The van der Waals surface area contributed by atoms with Gasteiger partial charge in [-0.3, -0.25) is 4.90 Å². The van der Waals surface area contributed by atoms with Crippen LogP contribution >= 0.6 is 22.9 Å².